The molecule has 2 aliphatic rings. The molecule has 0 saturated carbocycles. The van der Waals surface area contributed by atoms with Crippen LogP contribution in [0.5, 0.6) is 0 Å². The summed E-state index contributed by atoms with van der Waals surface area (Å²) in [7, 11) is 0. The van der Waals surface area contributed by atoms with Crippen LogP contribution in [0.4, 0.5) is 23.5 Å². The summed E-state index contributed by atoms with van der Waals surface area (Å²) in [5.41, 5.74) is 4.96. The van der Waals surface area contributed by atoms with Gasteiger partial charge in [-0.05, 0) is 36.1 Å². The van der Waals surface area contributed by atoms with Gasteiger partial charge < -0.3 is 25.2 Å². The molecular weight excluding hydrogens is 512 g/mol. The van der Waals surface area contributed by atoms with Gasteiger partial charge in [0.25, 0.3) is 0 Å². The van der Waals surface area contributed by atoms with E-state index in [1.165, 1.54) is 5.56 Å². The van der Waals surface area contributed by atoms with Crippen molar-refractivity contribution in [2.75, 3.05) is 61.5 Å². The largest absolute Gasteiger partial charge is 0.381 e. The SMILES string of the molecule is CC(CNc1nc(Nc2ccc3ncsc3c2)nc(N2CCN(C(=O)C3CCOC3)CC2)n1)c1ccccc1. The first-order chi connectivity index (χ1) is 19.1. The van der Waals surface area contributed by atoms with Gasteiger partial charge in [0, 0.05) is 45.0 Å². The van der Waals surface area contributed by atoms with Crippen molar-refractivity contribution in [2.24, 2.45) is 5.92 Å². The summed E-state index contributed by atoms with van der Waals surface area (Å²) in [5.74, 6) is 2.05. The molecule has 11 heteroatoms. The fourth-order valence-electron chi connectivity index (χ4n) is 4.96. The molecule has 6 rings (SSSR count). The Morgan fingerprint density at radius 3 is 2.69 bits per heavy atom. The zero-order valence-corrected chi connectivity index (χ0v) is 22.7. The molecule has 2 aliphatic heterocycles. The normalized spacial score (nSPS) is 18.3. The predicted molar refractivity (Wildman–Crippen MR) is 154 cm³/mol. The third-order valence-electron chi connectivity index (χ3n) is 7.30. The number of hydrogen-bond donors (Lipinski definition) is 2. The van der Waals surface area contributed by atoms with E-state index in [-0.39, 0.29) is 17.7 Å². The number of rotatable bonds is 8. The number of carbonyl (C=O) groups excluding carboxylic acids is 1. The highest BCUT2D eigenvalue weighted by atomic mass is 32.1. The lowest BCUT2D eigenvalue weighted by atomic mass is 10.0. The standard InChI is InChI=1S/C28H32N8O2S/c1-19(20-5-3-2-4-6-20)16-29-26-32-27(31-22-7-8-23-24(15-22)39-18-30-23)34-28(33-26)36-12-10-35(11-13-36)25(37)21-9-14-38-17-21/h2-8,15,18-19,21H,9-14,16-17H2,1H3,(H2,29,31,32,33,34). The Balaban J connectivity index is 1.19. The molecule has 2 aromatic carbocycles. The quantitative estimate of drug-likeness (QED) is 0.339. The van der Waals surface area contributed by atoms with Gasteiger partial charge in [0.05, 0.1) is 28.3 Å². The van der Waals surface area contributed by atoms with Crippen molar-refractivity contribution >= 4 is 51.0 Å². The van der Waals surface area contributed by atoms with Crippen molar-refractivity contribution < 1.29 is 9.53 Å². The highest BCUT2D eigenvalue weighted by molar-refractivity contribution is 7.16. The molecule has 2 fully saturated rings. The van der Waals surface area contributed by atoms with Crippen LogP contribution in [0.2, 0.25) is 0 Å². The van der Waals surface area contributed by atoms with Crippen molar-refractivity contribution in [2.45, 2.75) is 19.3 Å². The van der Waals surface area contributed by atoms with Gasteiger partial charge in [0.15, 0.2) is 0 Å². The average molecular weight is 545 g/mol. The second-order valence-corrected chi connectivity index (χ2v) is 10.9. The van der Waals surface area contributed by atoms with E-state index < -0.39 is 0 Å². The molecule has 2 unspecified atom stereocenters. The molecule has 2 atom stereocenters. The predicted octanol–water partition coefficient (Wildman–Crippen LogP) is 4.13. The molecule has 0 spiro atoms. The average Bonchev–Trinajstić information content (AvgIpc) is 3.69. The summed E-state index contributed by atoms with van der Waals surface area (Å²) in [6, 6.07) is 16.4. The van der Waals surface area contributed by atoms with E-state index in [0.29, 0.717) is 63.8 Å². The first kappa shape index (κ1) is 25.4. The van der Waals surface area contributed by atoms with Crippen LogP contribution >= 0.6 is 11.3 Å². The maximum absolute atomic E-state index is 12.9. The number of nitrogens with zero attached hydrogens (tertiary/aromatic N) is 6. The van der Waals surface area contributed by atoms with E-state index in [0.717, 1.165) is 22.3 Å². The summed E-state index contributed by atoms with van der Waals surface area (Å²) in [4.78, 5) is 35.5. The van der Waals surface area contributed by atoms with Crippen molar-refractivity contribution in [3.8, 4) is 0 Å². The lowest BCUT2D eigenvalue weighted by Crippen LogP contribution is -2.51. The zero-order chi connectivity index (χ0) is 26.6. The van der Waals surface area contributed by atoms with Crippen molar-refractivity contribution in [3.63, 3.8) is 0 Å². The number of anilines is 4. The molecule has 1 amide bonds. The van der Waals surface area contributed by atoms with E-state index in [4.69, 9.17) is 19.7 Å². The maximum atomic E-state index is 12.9. The van der Waals surface area contributed by atoms with Crippen LogP contribution in [0.15, 0.2) is 54.0 Å². The van der Waals surface area contributed by atoms with Gasteiger partial charge in [-0.25, -0.2) is 4.98 Å². The topological polar surface area (TPSA) is 108 Å². The summed E-state index contributed by atoms with van der Waals surface area (Å²) < 4.78 is 6.52. The fraction of sp³-hybridized carbons (Fsp3) is 0.393. The monoisotopic (exact) mass is 544 g/mol. The number of carbonyl (C=O) groups is 1. The smallest absolute Gasteiger partial charge is 0.233 e. The molecule has 39 heavy (non-hydrogen) atoms. The van der Waals surface area contributed by atoms with Crippen LogP contribution in [0.3, 0.4) is 0 Å². The first-order valence-electron chi connectivity index (χ1n) is 13.4. The van der Waals surface area contributed by atoms with E-state index in [9.17, 15) is 4.79 Å². The summed E-state index contributed by atoms with van der Waals surface area (Å²) in [5, 5.41) is 6.78. The van der Waals surface area contributed by atoms with Crippen molar-refractivity contribution in [3.05, 3.63) is 59.6 Å². The van der Waals surface area contributed by atoms with Crippen LogP contribution in [-0.4, -0.2) is 76.7 Å². The molecule has 202 valence electrons. The molecule has 4 heterocycles. The Bertz CT molecular complexity index is 1420. The number of piperazine rings is 1. The molecule has 0 bridgehead atoms. The molecule has 2 N–H and O–H groups in total. The number of amides is 1. The fourth-order valence-corrected chi connectivity index (χ4v) is 5.68. The maximum Gasteiger partial charge on any atom is 0.233 e. The Morgan fingerprint density at radius 1 is 1.08 bits per heavy atom. The second-order valence-electron chi connectivity index (χ2n) is 10.0. The minimum absolute atomic E-state index is 0.0113. The Kier molecular flexibility index (Phi) is 7.51. The lowest BCUT2D eigenvalue weighted by molar-refractivity contribution is -0.135. The number of hydrogen-bond acceptors (Lipinski definition) is 10. The highest BCUT2D eigenvalue weighted by Crippen LogP contribution is 2.25. The lowest BCUT2D eigenvalue weighted by Gasteiger charge is -2.35. The summed E-state index contributed by atoms with van der Waals surface area (Å²) in [6.07, 6.45) is 0.811. The van der Waals surface area contributed by atoms with E-state index in [1.807, 2.05) is 28.6 Å². The minimum atomic E-state index is -0.0113. The van der Waals surface area contributed by atoms with Gasteiger partial charge in [0.2, 0.25) is 23.8 Å². The number of benzene rings is 2. The van der Waals surface area contributed by atoms with Gasteiger partial charge in [-0.1, -0.05) is 37.3 Å². The van der Waals surface area contributed by atoms with Crippen molar-refractivity contribution in [1.82, 2.24) is 24.8 Å². The number of aromatic nitrogens is 4. The van der Waals surface area contributed by atoms with E-state index in [1.54, 1.807) is 11.3 Å². The number of thiazole rings is 1. The molecule has 0 aliphatic carbocycles. The molecule has 0 radical (unpaired) electrons. The number of ether oxygens (including phenoxy) is 1. The van der Waals surface area contributed by atoms with Gasteiger partial charge in [-0.2, -0.15) is 15.0 Å². The first-order valence-corrected chi connectivity index (χ1v) is 14.3. The van der Waals surface area contributed by atoms with Crippen LogP contribution in [0.25, 0.3) is 10.2 Å². The van der Waals surface area contributed by atoms with Gasteiger partial charge in [0.1, 0.15) is 0 Å². The third-order valence-corrected chi connectivity index (χ3v) is 8.09. The van der Waals surface area contributed by atoms with Gasteiger partial charge in [-0.3, -0.25) is 4.79 Å². The molecule has 2 aromatic heterocycles. The Morgan fingerprint density at radius 2 is 1.90 bits per heavy atom. The van der Waals surface area contributed by atoms with Crippen molar-refractivity contribution in [1.29, 1.82) is 0 Å². The second kappa shape index (κ2) is 11.5. The number of fused-ring (bicyclic) bond motifs is 1. The Hall–Kier alpha value is -3.83. The Labute approximate surface area is 231 Å². The third kappa shape index (κ3) is 5.94. The minimum Gasteiger partial charge on any atom is -0.381 e. The zero-order valence-electron chi connectivity index (χ0n) is 21.9. The summed E-state index contributed by atoms with van der Waals surface area (Å²) >= 11 is 1.60. The van der Waals surface area contributed by atoms with Crippen LogP contribution in [0, 0.1) is 5.92 Å². The van der Waals surface area contributed by atoms with Gasteiger partial charge in [-0.15, -0.1) is 11.3 Å². The molecule has 10 nitrogen and oxygen atoms in total. The summed E-state index contributed by atoms with van der Waals surface area (Å²) in [6.45, 7) is 6.67. The molecule has 4 aromatic rings. The van der Waals surface area contributed by atoms with E-state index >= 15 is 0 Å². The van der Waals surface area contributed by atoms with E-state index in [2.05, 4.69) is 57.8 Å². The van der Waals surface area contributed by atoms with Crippen LogP contribution in [-0.2, 0) is 9.53 Å². The highest BCUT2D eigenvalue weighted by Gasteiger charge is 2.31. The van der Waals surface area contributed by atoms with Gasteiger partial charge >= 0.3 is 0 Å². The number of nitrogens with one attached hydrogen (secondary N) is 2. The van der Waals surface area contributed by atoms with Crippen LogP contribution < -0.4 is 15.5 Å². The molecular formula is C28H32N8O2S. The van der Waals surface area contributed by atoms with Crippen LogP contribution in [0.1, 0.15) is 24.8 Å². The molecule has 2 saturated heterocycles.